The molecule has 0 bridgehead atoms. The molecular weight excluding hydrogens is 195 g/mol. The first-order valence-corrected chi connectivity index (χ1v) is 4.31. The Morgan fingerprint density at radius 3 is 2.29 bits per heavy atom. The Kier molecular flexibility index (Phi) is 4.77. The maximum atomic E-state index is 12.2. The SMILES string of the molecule is [CH2]CC(CCC)(CC(F)(F)F)N=[N+]=[N-]. The van der Waals surface area contributed by atoms with Crippen molar-refractivity contribution in [1.29, 1.82) is 0 Å². The van der Waals surface area contributed by atoms with Crippen LogP contribution < -0.4 is 0 Å². The van der Waals surface area contributed by atoms with Crippen molar-refractivity contribution >= 4 is 0 Å². The van der Waals surface area contributed by atoms with Crippen molar-refractivity contribution in [3.8, 4) is 0 Å². The third-order valence-electron chi connectivity index (χ3n) is 1.97. The largest absolute Gasteiger partial charge is 0.389 e. The molecule has 0 aliphatic carbocycles. The molecule has 0 amide bonds. The molecule has 0 aliphatic heterocycles. The number of rotatable bonds is 5. The molecule has 0 heterocycles. The first kappa shape index (κ1) is 13.1. The number of alkyl halides is 3. The van der Waals surface area contributed by atoms with Gasteiger partial charge in [0, 0.05) is 4.91 Å². The van der Waals surface area contributed by atoms with Gasteiger partial charge < -0.3 is 0 Å². The third kappa shape index (κ3) is 4.37. The van der Waals surface area contributed by atoms with Crippen LogP contribution in [0.25, 0.3) is 10.4 Å². The van der Waals surface area contributed by atoms with E-state index in [2.05, 4.69) is 16.9 Å². The molecular formula is C8H13F3N3. The van der Waals surface area contributed by atoms with Crippen LogP contribution in [0.2, 0.25) is 0 Å². The molecule has 14 heavy (non-hydrogen) atoms. The van der Waals surface area contributed by atoms with E-state index in [9.17, 15) is 13.2 Å². The number of halogens is 3. The number of nitrogens with zero attached hydrogens (tertiary/aromatic N) is 3. The Balaban J connectivity index is 4.74. The van der Waals surface area contributed by atoms with Crippen molar-refractivity contribution in [3.05, 3.63) is 17.4 Å². The van der Waals surface area contributed by atoms with Gasteiger partial charge in [0.1, 0.15) is 0 Å². The number of hydrogen-bond donors (Lipinski definition) is 0. The van der Waals surface area contributed by atoms with Crippen LogP contribution in [-0.2, 0) is 0 Å². The van der Waals surface area contributed by atoms with E-state index in [4.69, 9.17) is 5.53 Å². The molecule has 0 aromatic heterocycles. The molecule has 0 aliphatic rings. The van der Waals surface area contributed by atoms with Gasteiger partial charge in [0.15, 0.2) is 0 Å². The minimum Gasteiger partial charge on any atom is -0.171 e. The van der Waals surface area contributed by atoms with E-state index in [1.807, 2.05) is 0 Å². The van der Waals surface area contributed by atoms with Crippen LogP contribution in [0.15, 0.2) is 5.11 Å². The van der Waals surface area contributed by atoms with Gasteiger partial charge in [-0.05, 0) is 18.4 Å². The summed E-state index contributed by atoms with van der Waals surface area (Å²) in [5.41, 5.74) is 6.82. The monoisotopic (exact) mass is 208 g/mol. The van der Waals surface area contributed by atoms with Crippen LogP contribution in [0.4, 0.5) is 13.2 Å². The smallest absolute Gasteiger partial charge is 0.171 e. The van der Waals surface area contributed by atoms with Gasteiger partial charge >= 0.3 is 6.18 Å². The Morgan fingerprint density at radius 2 is 2.00 bits per heavy atom. The summed E-state index contributed by atoms with van der Waals surface area (Å²) in [4.78, 5) is 2.47. The molecule has 3 nitrogen and oxygen atoms in total. The lowest BCUT2D eigenvalue weighted by molar-refractivity contribution is -0.147. The van der Waals surface area contributed by atoms with Crippen LogP contribution in [0.1, 0.15) is 32.6 Å². The van der Waals surface area contributed by atoms with Crippen LogP contribution >= 0.6 is 0 Å². The summed E-state index contributed by atoms with van der Waals surface area (Å²) in [5, 5.41) is 3.25. The summed E-state index contributed by atoms with van der Waals surface area (Å²) in [7, 11) is 0. The molecule has 1 atom stereocenters. The van der Waals surface area contributed by atoms with Crippen molar-refractivity contribution < 1.29 is 13.2 Å². The molecule has 0 N–H and O–H groups in total. The van der Waals surface area contributed by atoms with E-state index in [0.29, 0.717) is 6.42 Å². The van der Waals surface area contributed by atoms with Crippen LogP contribution in [-0.4, -0.2) is 11.7 Å². The molecule has 81 valence electrons. The summed E-state index contributed by atoms with van der Waals surface area (Å²) >= 11 is 0. The predicted molar refractivity (Wildman–Crippen MR) is 47.4 cm³/mol. The molecule has 0 saturated heterocycles. The standard InChI is InChI=1S/C8H13F3N3/c1-3-5-7(4-2,13-14-12)6-8(9,10)11/h2-6H2,1H3. The maximum Gasteiger partial charge on any atom is 0.389 e. The Bertz CT molecular complexity index is 220. The minimum atomic E-state index is -4.32. The van der Waals surface area contributed by atoms with Gasteiger partial charge in [0.2, 0.25) is 0 Å². The highest BCUT2D eigenvalue weighted by Crippen LogP contribution is 2.35. The average Bonchev–Trinajstić information content (AvgIpc) is 2.02. The Hall–Kier alpha value is -0.900. The fourth-order valence-electron chi connectivity index (χ4n) is 1.37. The molecule has 0 saturated carbocycles. The van der Waals surface area contributed by atoms with Gasteiger partial charge in [0.25, 0.3) is 0 Å². The molecule has 0 fully saturated rings. The van der Waals surface area contributed by atoms with Crippen molar-refractivity contribution in [2.45, 2.75) is 44.3 Å². The van der Waals surface area contributed by atoms with Crippen LogP contribution in [0.3, 0.4) is 0 Å². The maximum absolute atomic E-state index is 12.2. The minimum absolute atomic E-state index is 0.0373. The summed E-state index contributed by atoms with van der Waals surface area (Å²) in [6.45, 7) is 5.16. The summed E-state index contributed by atoms with van der Waals surface area (Å²) in [6.07, 6.45) is -4.71. The van der Waals surface area contributed by atoms with Crippen LogP contribution in [0, 0.1) is 6.92 Å². The molecule has 0 rings (SSSR count). The van der Waals surface area contributed by atoms with Crippen molar-refractivity contribution in [1.82, 2.24) is 0 Å². The highest BCUT2D eigenvalue weighted by molar-refractivity contribution is 4.91. The molecule has 1 radical (unpaired) electrons. The second kappa shape index (κ2) is 5.10. The van der Waals surface area contributed by atoms with E-state index in [0.717, 1.165) is 0 Å². The molecule has 0 aromatic carbocycles. The lowest BCUT2D eigenvalue weighted by atomic mass is 9.88. The van der Waals surface area contributed by atoms with Gasteiger partial charge in [-0.2, -0.15) is 13.2 Å². The van der Waals surface area contributed by atoms with Gasteiger partial charge in [-0.1, -0.05) is 25.4 Å². The van der Waals surface area contributed by atoms with E-state index < -0.39 is 18.1 Å². The van der Waals surface area contributed by atoms with Crippen LogP contribution in [0.5, 0.6) is 0 Å². The lowest BCUT2D eigenvalue weighted by Gasteiger charge is -2.27. The fraction of sp³-hybridized carbons (Fsp3) is 0.875. The zero-order valence-electron chi connectivity index (χ0n) is 8.01. The Morgan fingerprint density at radius 1 is 1.43 bits per heavy atom. The second-order valence-corrected chi connectivity index (χ2v) is 3.21. The molecule has 0 spiro atoms. The molecule has 0 aromatic rings. The van der Waals surface area contributed by atoms with E-state index in [1.165, 1.54) is 0 Å². The second-order valence-electron chi connectivity index (χ2n) is 3.21. The first-order chi connectivity index (χ1) is 6.39. The average molecular weight is 208 g/mol. The highest BCUT2D eigenvalue weighted by Gasteiger charge is 2.40. The fourth-order valence-corrected chi connectivity index (χ4v) is 1.37. The summed E-state index contributed by atoms with van der Waals surface area (Å²) in [5.74, 6) is 0. The van der Waals surface area contributed by atoms with E-state index in [-0.39, 0.29) is 12.8 Å². The third-order valence-corrected chi connectivity index (χ3v) is 1.97. The highest BCUT2D eigenvalue weighted by atomic mass is 19.4. The van der Waals surface area contributed by atoms with Gasteiger partial charge in [-0.15, -0.1) is 0 Å². The summed E-state index contributed by atoms with van der Waals surface area (Å²) in [6, 6.07) is 0. The predicted octanol–water partition coefficient (Wildman–Crippen LogP) is 4.01. The van der Waals surface area contributed by atoms with Gasteiger partial charge in [0.05, 0.1) is 12.0 Å². The van der Waals surface area contributed by atoms with Crippen molar-refractivity contribution in [3.63, 3.8) is 0 Å². The van der Waals surface area contributed by atoms with Gasteiger partial charge in [-0.25, -0.2) is 0 Å². The normalized spacial score (nSPS) is 15.8. The molecule has 1 unspecified atom stereocenters. The van der Waals surface area contributed by atoms with E-state index >= 15 is 0 Å². The summed E-state index contributed by atoms with van der Waals surface area (Å²) < 4.78 is 36.5. The van der Waals surface area contributed by atoms with Crippen molar-refractivity contribution in [2.24, 2.45) is 5.11 Å². The van der Waals surface area contributed by atoms with Crippen molar-refractivity contribution in [2.75, 3.05) is 0 Å². The topological polar surface area (TPSA) is 48.8 Å². The quantitative estimate of drug-likeness (QED) is 0.372. The number of azide groups is 1. The number of hydrogen-bond acceptors (Lipinski definition) is 1. The zero-order valence-corrected chi connectivity index (χ0v) is 8.01. The zero-order chi connectivity index (χ0) is 11.2. The van der Waals surface area contributed by atoms with E-state index in [1.54, 1.807) is 6.92 Å². The Labute approximate surface area is 80.9 Å². The van der Waals surface area contributed by atoms with Gasteiger partial charge in [-0.3, -0.25) is 0 Å². The molecule has 6 heteroatoms. The first-order valence-electron chi connectivity index (χ1n) is 4.31. The lowest BCUT2D eigenvalue weighted by Crippen LogP contribution is -2.31.